The first kappa shape index (κ1) is 15.8. The first-order chi connectivity index (χ1) is 9.70. The molecule has 0 aliphatic carbocycles. The van der Waals surface area contributed by atoms with E-state index in [-0.39, 0.29) is 23.8 Å². The van der Waals surface area contributed by atoms with Crippen LogP contribution < -0.4 is 5.32 Å². The fraction of sp³-hybridized carbons (Fsp3) is 0.800. The third-order valence-electron chi connectivity index (χ3n) is 4.20. The quantitative estimate of drug-likeness (QED) is 0.779. The fourth-order valence-corrected chi connectivity index (χ4v) is 2.91. The molecule has 118 valence electrons. The summed E-state index contributed by atoms with van der Waals surface area (Å²) in [5.41, 5.74) is -0.357. The van der Waals surface area contributed by atoms with Crippen molar-refractivity contribution >= 4 is 17.8 Å². The Morgan fingerprint density at radius 2 is 2.00 bits per heavy atom. The molecular formula is C15H25N3O3. The lowest BCUT2D eigenvalue weighted by Gasteiger charge is -2.31. The Morgan fingerprint density at radius 3 is 2.52 bits per heavy atom. The van der Waals surface area contributed by atoms with Crippen LogP contribution in [0, 0.1) is 11.3 Å². The van der Waals surface area contributed by atoms with Gasteiger partial charge in [-0.25, -0.2) is 4.79 Å². The fourth-order valence-electron chi connectivity index (χ4n) is 2.91. The van der Waals surface area contributed by atoms with Gasteiger partial charge in [0.1, 0.15) is 12.6 Å². The van der Waals surface area contributed by atoms with Crippen molar-refractivity contribution in [2.24, 2.45) is 11.3 Å². The minimum Gasteiger partial charge on any atom is -0.341 e. The minimum absolute atomic E-state index is 0.139. The predicted molar refractivity (Wildman–Crippen MR) is 78.5 cm³/mol. The minimum atomic E-state index is -0.557. The lowest BCUT2D eigenvalue weighted by atomic mass is 9.87. The third kappa shape index (κ3) is 3.36. The van der Waals surface area contributed by atoms with Gasteiger partial charge in [-0.05, 0) is 24.2 Å². The molecule has 0 aromatic carbocycles. The number of hydrogen-bond donors (Lipinski definition) is 1. The number of piperidine rings is 1. The molecular weight excluding hydrogens is 270 g/mol. The number of urea groups is 1. The highest BCUT2D eigenvalue weighted by molar-refractivity contribution is 6.06. The van der Waals surface area contributed by atoms with Crippen LogP contribution in [0.25, 0.3) is 0 Å². The van der Waals surface area contributed by atoms with Crippen molar-refractivity contribution < 1.29 is 14.4 Å². The Morgan fingerprint density at radius 1 is 1.33 bits per heavy atom. The number of amides is 4. The van der Waals surface area contributed by atoms with E-state index >= 15 is 0 Å². The molecule has 2 fully saturated rings. The lowest BCUT2D eigenvalue weighted by molar-refractivity contribution is -0.139. The van der Waals surface area contributed by atoms with Crippen LogP contribution in [0.3, 0.4) is 0 Å². The monoisotopic (exact) mass is 295 g/mol. The maximum Gasteiger partial charge on any atom is 0.325 e. The van der Waals surface area contributed by atoms with Gasteiger partial charge in [0.15, 0.2) is 0 Å². The molecule has 0 unspecified atom stereocenters. The van der Waals surface area contributed by atoms with E-state index in [1.807, 2.05) is 20.8 Å². The molecule has 0 spiro atoms. The molecule has 6 heteroatoms. The highest BCUT2D eigenvalue weighted by Gasteiger charge is 2.45. The van der Waals surface area contributed by atoms with Crippen LogP contribution in [0.1, 0.15) is 40.5 Å². The highest BCUT2D eigenvalue weighted by Crippen LogP contribution is 2.25. The maximum absolute atomic E-state index is 12.3. The second-order valence-electron chi connectivity index (χ2n) is 7.26. The Labute approximate surface area is 125 Å². The summed E-state index contributed by atoms with van der Waals surface area (Å²) in [6.45, 7) is 9.09. The van der Waals surface area contributed by atoms with Crippen molar-refractivity contribution in [1.82, 2.24) is 15.1 Å². The van der Waals surface area contributed by atoms with Gasteiger partial charge in [-0.2, -0.15) is 0 Å². The zero-order valence-corrected chi connectivity index (χ0v) is 13.3. The van der Waals surface area contributed by atoms with Crippen LogP contribution in [0.15, 0.2) is 0 Å². The summed E-state index contributed by atoms with van der Waals surface area (Å²) in [5.74, 6) is 0.0404. The summed E-state index contributed by atoms with van der Waals surface area (Å²) < 4.78 is 0. The second-order valence-corrected chi connectivity index (χ2v) is 7.26. The molecule has 21 heavy (non-hydrogen) atoms. The van der Waals surface area contributed by atoms with Gasteiger partial charge in [0, 0.05) is 13.1 Å². The summed E-state index contributed by atoms with van der Waals surface area (Å²) >= 11 is 0. The van der Waals surface area contributed by atoms with Gasteiger partial charge < -0.3 is 10.2 Å². The van der Waals surface area contributed by atoms with Crippen molar-refractivity contribution in [3.63, 3.8) is 0 Å². The Kier molecular flexibility index (Phi) is 4.25. The topological polar surface area (TPSA) is 69.7 Å². The molecule has 2 saturated heterocycles. The number of carbonyl (C=O) groups is 3. The van der Waals surface area contributed by atoms with Gasteiger partial charge in [0.05, 0.1) is 0 Å². The molecule has 2 aliphatic rings. The Bertz CT molecular complexity index is 456. The van der Waals surface area contributed by atoms with Gasteiger partial charge in [-0.1, -0.05) is 27.7 Å². The van der Waals surface area contributed by atoms with E-state index in [9.17, 15) is 14.4 Å². The van der Waals surface area contributed by atoms with E-state index in [4.69, 9.17) is 0 Å². The molecule has 6 nitrogen and oxygen atoms in total. The number of likely N-dealkylation sites (tertiary alicyclic amines) is 1. The van der Waals surface area contributed by atoms with Crippen LogP contribution in [-0.2, 0) is 9.59 Å². The van der Waals surface area contributed by atoms with Crippen molar-refractivity contribution in [1.29, 1.82) is 0 Å². The van der Waals surface area contributed by atoms with E-state index in [0.29, 0.717) is 12.5 Å². The summed E-state index contributed by atoms with van der Waals surface area (Å²) in [5, 5.41) is 2.68. The van der Waals surface area contributed by atoms with E-state index in [1.54, 1.807) is 4.90 Å². The molecule has 0 saturated carbocycles. The second kappa shape index (κ2) is 5.66. The van der Waals surface area contributed by atoms with Gasteiger partial charge >= 0.3 is 6.03 Å². The standard InChI is InChI=1S/C15H25N3O3/c1-10-6-5-7-17(8-10)11(19)9-18-13(20)12(15(2,3)4)16-14(18)21/h10,12H,5-9H2,1-4H3,(H,16,21)/t10-,12+/m1/s1. The first-order valence-corrected chi connectivity index (χ1v) is 7.60. The molecule has 1 N–H and O–H groups in total. The summed E-state index contributed by atoms with van der Waals surface area (Å²) in [6.07, 6.45) is 2.11. The van der Waals surface area contributed by atoms with E-state index in [1.165, 1.54) is 0 Å². The smallest absolute Gasteiger partial charge is 0.325 e. The zero-order chi connectivity index (χ0) is 15.8. The summed E-state index contributed by atoms with van der Waals surface area (Å²) in [7, 11) is 0. The van der Waals surface area contributed by atoms with Gasteiger partial charge in [-0.3, -0.25) is 14.5 Å². The van der Waals surface area contributed by atoms with Crippen molar-refractivity contribution in [2.75, 3.05) is 19.6 Å². The van der Waals surface area contributed by atoms with Crippen molar-refractivity contribution in [3.05, 3.63) is 0 Å². The third-order valence-corrected chi connectivity index (χ3v) is 4.20. The van der Waals surface area contributed by atoms with Gasteiger partial charge in [0.2, 0.25) is 5.91 Å². The normalized spacial score (nSPS) is 27.0. The predicted octanol–water partition coefficient (Wildman–Crippen LogP) is 1.21. The highest BCUT2D eigenvalue weighted by atomic mass is 16.2. The zero-order valence-electron chi connectivity index (χ0n) is 13.3. The number of rotatable bonds is 2. The van der Waals surface area contributed by atoms with E-state index < -0.39 is 12.1 Å². The van der Waals surface area contributed by atoms with Crippen LogP contribution in [0.2, 0.25) is 0 Å². The van der Waals surface area contributed by atoms with E-state index in [2.05, 4.69) is 12.2 Å². The number of nitrogens with zero attached hydrogens (tertiary/aromatic N) is 2. The molecule has 0 bridgehead atoms. The average molecular weight is 295 g/mol. The van der Waals surface area contributed by atoms with Crippen LogP contribution in [0.5, 0.6) is 0 Å². The molecule has 2 rings (SSSR count). The molecule has 2 aliphatic heterocycles. The number of carbonyl (C=O) groups excluding carboxylic acids is 3. The molecule has 0 aromatic rings. The lowest BCUT2D eigenvalue weighted by Crippen LogP contribution is -2.47. The Balaban J connectivity index is 2.01. The van der Waals surface area contributed by atoms with Crippen LogP contribution in [-0.4, -0.2) is 53.3 Å². The van der Waals surface area contributed by atoms with Gasteiger partial charge in [-0.15, -0.1) is 0 Å². The molecule has 2 heterocycles. The molecule has 2 atom stereocenters. The van der Waals surface area contributed by atoms with Crippen molar-refractivity contribution in [2.45, 2.75) is 46.6 Å². The number of nitrogens with one attached hydrogen (secondary N) is 1. The molecule has 0 radical (unpaired) electrons. The largest absolute Gasteiger partial charge is 0.341 e. The van der Waals surface area contributed by atoms with Crippen LogP contribution >= 0.6 is 0 Å². The molecule has 4 amide bonds. The van der Waals surface area contributed by atoms with Crippen LogP contribution in [0.4, 0.5) is 4.79 Å². The number of imide groups is 1. The maximum atomic E-state index is 12.3. The SMILES string of the molecule is C[C@@H]1CCCN(C(=O)CN2C(=O)N[C@H](C(C)(C)C)C2=O)C1. The van der Waals surface area contributed by atoms with Gasteiger partial charge in [0.25, 0.3) is 5.91 Å². The van der Waals surface area contributed by atoms with Crippen molar-refractivity contribution in [3.8, 4) is 0 Å². The number of hydrogen-bond acceptors (Lipinski definition) is 3. The molecule has 0 aromatic heterocycles. The summed E-state index contributed by atoms with van der Waals surface area (Å²) in [4.78, 5) is 39.4. The van der Waals surface area contributed by atoms with E-state index in [0.717, 1.165) is 24.3 Å². The Hall–Kier alpha value is -1.59. The first-order valence-electron chi connectivity index (χ1n) is 7.60. The summed E-state index contributed by atoms with van der Waals surface area (Å²) in [6, 6.07) is -1.02. The average Bonchev–Trinajstić information content (AvgIpc) is 2.66.